The van der Waals surface area contributed by atoms with Crippen molar-refractivity contribution >= 4 is 12.1 Å². The summed E-state index contributed by atoms with van der Waals surface area (Å²) >= 11 is 0. The third-order valence-corrected chi connectivity index (χ3v) is 2.69. The Labute approximate surface area is 124 Å². The zero-order chi connectivity index (χ0) is 15.7. The molecule has 110 valence electrons. The molecule has 0 aliphatic heterocycles. The number of rotatable bonds is 4. The minimum absolute atomic E-state index is 0.0169. The highest BCUT2D eigenvalue weighted by Gasteiger charge is 2.07. The molecule has 0 spiro atoms. The lowest BCUT2D eigenvalue weighted by Gasteiger charge is -2.04. The van der Waals surface area contributed by atoms with E-state index in [2.05, 4.69) is 0 Å². The molecule has 4 nitrogen and oxygen atoms in total. The van der Waals surface area contributed by atoms with E-state index in [1.54, 1.807) is 19.2 Å². The Kier molecular flexibility index (Phi) is 6.68. The van der Waals surface area contributed by atoms with E-state index < -0.39 is 0 Å². The Morgan fingerprint density at radius 1 is 1.19 bits per heavy atom. The van der Waals surface area contributed by atoms with Gasteiger partial charge in [0.25, 0.3) is 0 Å². The van der Waals surface area contributed by atoms with E-state index in [4.69, 9.17) is 14.6 Å². The van der Waals surface area contributed by atoms with Crippen molar-refractivity contribution in [3.63, 3.8) is 0 Å². The standard InChI is InChI=1S/C15H14O3.C2H4O/c1-18-14-4-2-3-11(9-14)10-15(17)12-5-7-13(16)8-6-12;1-2-3/h2-9,16H,10H2,1H3;2H,1H3. The van der Waals surface area contributed by atoms with Crippen LogP contribution >= 0.6 is 0 Å². The Hall–Kier alpha value is -2.62. The van der Waals surface area contributed by atoms with Crippen LogP contribution in [-0.4, -0.2) is 24.3 Å². The average molecular weight is 286 g/mol. The SMILES string of the molecule is CC=O.COc1cccc(CC(=O)c2ccc(O)cc2)c1. The van der Waals surface area contributed by atoms with Crippen LogP contribution < -0.4 is 4.74 Å². The Bertz CT molecular complexity index is 588. The number of carbonyl (C=O) groups excluding carboxylic acids is 2. The van der Waals surface area contributed by atoms with Crippen LogP contribution in [0.25, 0.3) is 0 Å². The molecule has 0 radical (unpaired) electrons. The zero-order valence-corrected chi connectivity index (χ0v) is 12.1. The Morgan fingerprint density at radius 3 is 2.38 bits per heavy atom. The molecule has 2 rings (SSSR count). The van der Waals surface area contributed by atoms with Gasteiger partial charge in [-0.15, -0.1) is 0 Å². The van der Waals surface area contributed by atoms with Crippen molar-refractivity contribution in [1.82, 2.24) is 0 Å². The topological polar surface area (TPSA) is 63.6 Å². The largest absolute Gasteiger partial charge is 0.508 e. The molecule has 4 heteroatoms. The summed E-state index contributed by atoms with van der Waals surface area (Å²) < 4.78 is 5.11. The minimum atomic E-state index is 0.0169. The number of methoxy groups -OCH3 is 1. The summed E-state index contributed by atoms with van der Waals surface area (Å²) in [6, 6.07) is 13.7. The molecule has 0 aliphatic rings. The number of aldehydes is 1. The van der Waals surface area contributed by atoms with E-state index >= 15 is 0 Å². The quantitative estimate of drug-likeness (QED) is 0.693. The van der Waals surface area contributed by atoms with Crippen molar-refractivity contribution in [2.24, 2.45) is 0 Å². The molecule has 0 unspecified atom stereocenters. The van der Waals surface area contributed by atoms with Crippen molar-refractivity contribution in [3.8, 4) is 11.5 Å². The Balaban J connectivity index is 0.000000677. The van der Waals surface area contributed by atoms with Crippen LogP contribution in [0, 0.1) is 0 Å². The van der Waals surface area contributed by atoms with Gasteiger partial charge in [0.05, 0.1) is 7.11 Å². The second-order valence-corrected chi connectivity index (χ2v) is 4.23. The number of ketones is 1. The van der Waals surface area contributed by atoms with Crippen molar-refractivity contribution in [3.05, 3.63) is 59.7 Å². The summed E-state index contributed by atoms with van der Waals surface area (Å²) in [6.45, 7) is 1.44. The molecule has 0 aromatic heterocycles. The molecule has 0 atom stereocenters. The van der Waals surface area contributed by atoms with Gasteiger partial charge in [-0.3, -0.25) is 4.79 Å². The summed E-state index contributed by atoms with van der Waals surface area (Å²) in [6.07, 6.45) is 1.07. The maximum atomic E-state index is 12.0. The first-order chi connectivity index (χ1) is 10.1. The fourth-order valence-electron chi connectivity index (χ4n) is 1.72. The smallest absolute Gasteiger partial charge is 0.167 e. The molecular formula is C17H18O4. The van der Waals surface area contributed by atoms with Gasteiger partial charge in [-0.1, -0.05) is 12.1 Å². The first kappa shape index (κ1) is 16.4. The number of Topliss-reactive ketones (excluding diaryl/α,β-unsaturated/α-hetero) is 1. The molecule has 0 saturated heterocycles. The highest BCUT2D eigenvalue weighted by molar-refractivity contribution is 5.97. The summed E-state index contributed by atoms with van der Waals surface area (Å²) in [4.78, 5) is 20.8. The number of phenols is 1. The lowest BCUT2D eigenvalue weighted by Crippen LogP contribution is -2.03. The minimum Gasteiger partial charge on any atom is -0.508 e. The maximum absolute atomic E-state index is 12.0. The number of benzene rings is 2. The summed E-state index contributed by atoms with van der Waals surface area (Å²) in [5, 5.41) is 9.17. The zero-order valence-electron chi connectivity index (χ0n) is 12.1. The number of phenolic OH excluding ortho intramolecular Hbond substituents is 1. The maximum Gasteiger partial charge on any atom is 0.167 e. The van der Waals surface area contributed by atoms with Gasteiger partial charge in [0.15, 0.2) is 5.78 Å². The fraction of sp³-hybridized carbons (Fsp3) is 0.176. The normalized spacial score (nSPS) is 9.24. The van der Waals surface area contributed by atoms with Crippen LogP contribution in [0.15, 0.2) is 48.5 Å². The molecule has 1 N–H and O–H groups in total. The van der Waals surface area contributed by atoms with E-state index in [9.17, 15) is 4.79 Å². The molecule has 0 fully saturated rings. The third-order valence-electron chi connectivity index (χ3n) is 2.69. The van der Waals surface area contributed by atoms with E-state index in [1.165, 1.54) is 19.1 Å². The van der Waals surface area contributed by atoms with Crippen LogP contribution in [0.1, 0.15) is 22.8 Å². The Morgan fingerprint density at radius 2 is 1.81 bits per heavy atom. The second kappa shape index (κ2) is 8.53. The molecule has 0 heterocycles. The summed E-state index contributed by atoms with van der Waals surface area (Å²) in [7, 11) is 1.60. The molecule has 2 aromatic carbocycles. The lowest BCUT2D eigenvalue weighted by atomic mass is 10.0. The predicted molar refractivity (Wildman–Crippen MR) is 80.9 cm³/mol. The number of carbonyl (C=O) groups is 2. The van der Waals surface area contributed by atoms with Crippen molar-refractivity contribution < 1.29 is 19.4 Å². The number of hydrogen-bond donors (Lipinski definition) is 1. The monoisotopic (exact) mass is 286 g/mol. The van der Waals surface area contributed by atoms with Crippen LogP contribution in [0.5, 0.6) is 11.5 Å². The van der Waals surface area contributed by atoms with Crippen molar-refractivity contribution in [1.29, 1.82) is 0 Å². The van der Waals surface area contributed by atoms with Crippen LogP contribution in [0.2, 0.25) is 0 Å². The lowest BCUT2D eigenvalue weighted by molar-refractivity contribution is -0.106. The van der Waals surface area contributed by atoms with E-state index in [1.807, 2.05) is 24.3 Å². The van der Waals surface area contributed by atoms with Crippen molar-refractivity contribution in [2.45, 2.75) is 13.3 Å². The number of hydrogen-bond acceptors (Lipinski definition) is 4. The third kappa shape index (κ3) is 5.48. The highest BCUT2D eigenvalue weighted by Crippen LogP contribution is 2.16. The van der Waals surface area contributed by atoms with Crippen LogP contribution in [-0.2, 0) is 11.2 Å². The van der Waals surface area contributed by atoms with Crippen LogP contribution in [0.3, 0.4) is 0 Å². The van der Waals surface area contributed by atoms with Gasteiger partial charge in [0, 0.05) is 12.0 Å². The van der Waals surface area contributed by atoms with E-state index in [0.29, 0.717) is 12.0 Å². The summed E-state index contributed by atoms with van der Waals surface area (Å²) in [5.41, 5.74) is 1.50. The van der Waals surface area contributed by atoms with Gasteiger partial charge in [0.2, 0.25) is 0 Å². The second-order valence-electron chi connectivity index (χ2n) is 4.23. The number of aromatic hydroxyl groups is 1. The van der Waals surface area contributed by atoms with Gasteiger partial charge in [-0.2, -0.15) is 0 Å². The molecule has 0 saturated carbocycles. The van der Waals surface area contributed by atoms with Crippen molar-refractivity contribution in [2.75, 3.05) is 7.11 Å². The molecule has 0 amide bonds. The first-order valence-electron chi connectivity index (χ1n) is 6.45. The number of ether oxygens (including phenoxy) is 1. The van der Waals surface area contributed by atoms with Gasteiger partial charge in [0.1, 0.15) is 17.8 Å². The predicted octanol–water partition coefficient (Wildman–Crippen LogP) is 3.03. The van der Waals surface area contributed by atoms with Gasteiger partial charge >= 0.3 is 0 Å². The molecule has 0 aliphatic carbocycles. The van der Waals surface area contributed by atoms with Gasteiger partial charge in [-0.05, 0) is 48.9 Å². The van der Waals surface area contributed by atoms with E-state index in [0.717, 1.165) is 17.6 Å². The highest BCUT2D eigenvalue weighted by atomic mass is 16.5. The van der Waals surface area contributed by atoms with Gasteiger partial charge < -0.3 is 14.6 Å². The first-order valence-corrected chi connectivity index (χ1v) is 6.45. The summed E-state index contributed by atoms with van der Waals surface area (Å²) in [5.74, 6) is 0.919. The molecule has 2 aromatic rings. The fourth-order valence-corrected chi connectivity index (χ4v) is 1.72. The van der Waals surface area contributed by atoms with Crippen LogP contribution in [0.4, 0.5) is 0 Å². The van der Waals surface area contributed by atoms with E-state index in [-0.39, 0.29) is 11.5 Å². The molecule has 0 bridgehead atoms. The average Bonchev–Trinajstić information content (AvgIpc) is 2.49. The molecule has 21 heavy (non-hydrogen) atoms. The van der Waals surface area contributed by atoms with Gasteiger partial charge in [-0.25, -0.2) is 0 Å². The molecular weight excluding hydrogens is 268 g/mol.